The number of amides is 2. The van der Waals surface area contributed by atoms with E-state index in [0.29, 0.717) is 12.4 Å². The van der Waals surface area contributed by atoms with Crippen LogP contribution in [-0.4, -0.2) is 36.5 Å². The van der Waals surface area contributed by atoms with Crippen molar-refractivity contribution in [3.05, 3.63) is 46.9 Å². The van der Waals surface area contributed by atoms with Gasteiger partial charge in [0.2, 0.25) is 5.28 Å². The molecule has 0 spiro atoms. The third-order valence-corrected chi connectivity index (χ3v) is 12.2. The third kappa shape index (κ3) is 4.81. The van der Waals surface area contributed by atoms with Gasteiger partial charge in [-0.2, -0.15) is 4.98 Å². The van der Waals surface area contributed by atoms with Crippen molar-refractivity contribution in [2.45, 2.75) is 90.2 Å². The topological polar surface area (TPSA) is 58.6 Å². The van der Waals surface area contributed by atoms with Crippen LogP contribution in [0.3, 0.4) is 0 Å². The highest BCUT2D eigenvalue weighted by molar-refractivity contribution is 6.74. The van der Waals surface area contributed by atoms with E-state index in [4.69, 9.17) is 16.0 Å². The Morgan fingerprint density at radius 1 is 1.18 bits per heavy atom. The average Bonchev–Trinajstić information content (AvgIpc) is 3.20. The molecule has 2 aliphatic rings. The lowest BCUT2D eigenvalue weighted by atomic mass is 10.1. The quantitative estimate of drug-likeness (QED) is 0.353. The molecular formula is C25H35ClN4O2Si. The first-order chi connectivity index (χ1) is 15.5. The van der Waals surface area contributed by atoms with Crippen molar-refractivity contribution in [2.24, 2.45) is 0 Å². The summed E-state index contributed by atoms with van der Waals surface area (Å²) < 4.78 is 6.70. The SMILES string of the molecule is CCc1ccc(N2Cc3cnc(Cl)nc3N([C@@H]3CC[C@@H](O[Si](C)(C)C(C)(C)C)C3)C2=O)cc1. The fourth-order valence-corrected chi connectivity index (χ4v) is 5.98. The summed E-state index contributed by atoms with van der Waals surface area (Å²) in [6.07, 6.45) is 5.50. The molecule has 1 fully saturated rings. The second-order valence-electron chi connectivity index (χ2n) is 10.7. The van der Waals surface area contributed by atoms with Crippen LogP contribution in [0.5, 0.6) is 0 Å². The predicted octanol–water partition coefficient (Wildman–Crippen LogP) is 6.58. The molecule has 0 bridgehead atoms. The van der Waals surface area contributed by atoms with E-state index in [9.17, 15) is 4.79 Å². The Bertz CT molecular complexity index is 1020. The molecule has 6 nitrogen and oxygen atoms in total. The van der Waals surface area contributed by atoms with Crippen LogP contribution in [0, 0.1) is 0 Å². The van der Waals surface area contributed by atoms with Gasteiger partial charge in [-0.05, 0) is 73.1 Å². The van der Waals surface area contributed by atoms with Crippen molar-refractivity contribution in [1.29, 1.82) is 0 Å². The number of benzene rings is 1. The number of carbonyl (C=O) groups is 1. The third-order valence-electron chi connectivity index (χ3n) is 7.45. The normalized spacial score (nSPS) is 21.5. The van der Waals surface area contributed by atoms with Crippen molar-refractivity contribution in [1.82, 2.24) is 9.97 Å². The molecule has 1 aliphatic carbocycles. The van der Waals surface area contributed by atoms with Gasteiger partial charge in [-0.25, -0.2) is 9.78 Å². The number of hydrogen-bond acceptors (Lipinski definition) is 4. The number of anilines is 2. The second-order valence-corrected chi connectivity index (χ2v) is 15.8. The van der Waals surface area contributed by atoms with E-state index in [1.807, 2.05) is 21.9 Å². The zero-order chi connectivity index (χ0) is 24.0. The minimum absolute atomic E-state index is 0.0229. The van der Waals surface area contributed by atoms with E-state index in [2.05, 4.69) is 62.9 Å². The van der Waals surface area contributed by atoms with Gasteiger partial charge in [-0.3, -0.25) is 9.80 Å². The van der Waals surface area contributed by atoms with Gasteiger partial charge in [-0.15, -0.1) is 0 Å². The molecule has 0 saturated heterocycles. The highest BCUT2D eigenvalue weighted by Gasteiger charge is 2.44. The van der Waals surface area contributed by atoms with Gasteiger partial charge in [0.05, 0.1) is 6.54 Å². The maximum atomic E-state index is 13.8. The smallest absolute Gasteiger partial charge is 0.330 e. The van der Waals surface area contributed by atoms with Crippen molar-refractivity contribution >= 4 is 37.5 Å². The molecule has 1 aliphatic heterocycles. The first-order valence-corrected chi connectivity index (χ1v) is 15.2. The molecule has 1 aromatic carbocycles. The first kappa shape index (κ1) is 24.2. The molecule has 4 rings (SSSR count). The van der Waals surface area contributed by atoms with E-state index in [1.54, 1.807) is 6.20 Å². The van der Waals surface area contributed by atoms with Crippen LogP contribution in [0.25, 0.3) is 0 Å². The summed E-state index contributed by atoms with van der Waals surface area (Å²) in [5, 5.41) is 0.320. The minimum Gasteiger partial charge on any atom is -0.414 e. The summed E-state index contributed by atoms with van der Waals surface area (Å²) in [6.45, 7) is 13.9. The lowest BCUT2D eigenvalue weighted by molar-refractivity contribution is 0.186. The van der Waals surface area contributed by atoms with Crippen LogP contribution < -0.4 is 9.80 Å². The van der Waals surface area contributed by atoms with Gasteiger partial charge in [0.15, 0.2) is 8.32 Å². The van der Waals surface area contributed by atoms with Gasteiger partial charge < -0.3 is 4.43 Å². The lowest BCUT2D eigenvalue weighted by Crippen LogP contribution is -2.52. The summed E-state index contributed by atoms with van der Waals surface area (Å²) in [5.74, 6) is 0.638. The Kier molecular flexibility index (Phi) is 6.59. The minimum atomic E-state index is -1.88. The Morgan fingerprint density at radius 2 is 1.88 bits per heavy atom. The zero-order valence-corrected chi connectivity index (χ0v) is 22.3. The largest absolute Gasteiger partial charge is 0.414 e. The summed E-state index contributed by atoms with van der Waals surface area (Å²) in [6, 6.07) is 8.18. The van der Waals surface area contributed by atoms with Crippen molar-refractivity contribution < 1.29 is 9.22 Å². The summed E-state index contributed by atoms with van der Waals surface area (Å²) in [7, 11) is -1.88. The van der Waals surface area contributed by atoms with Crippen LogP contribution in [0.2, 0.25) is 23.4 Å². The van der Waals surface area contributed by atoms with Gasteiger partial charge in [0.1, 0.15) is 5.82 Å². The molecule has 2 amide bonds. The summed E-state index contributed by atoms with van der Waals surface area (Å²) >= 11 is 6.16. The number of carbonyl (C=O) groups excluding carboxylic acids is 1. The maximum Gasteiger partial charge on any atom is 0.330 e. The van der Waals surface area contributed by atoms with Crippen molar-refractivity contribution in [3.8, 4) is 0 Å². The van der Waals surface area contributed by atoms with E-state index < -0.39 is 8.32 Å². The number of urea groups is 1. The van der Waals surface area contributed by atoms with Crippen LogP contribution in [-0.2, 0) is 17.4 Å². The predicted molar refractivity (Wildman–Crippen MR) is 137 cm³/mol. The molecule has 8 heteroatoms. The standard InChI is InChI=1S/C25H35ClN4O2Si/c1-7-17-8-10-19(11-9-17)29-16-18-15-27-23(26)28-22(18)30(24(29)31)20-12-13-21(14-20)32-33(5,6)25(2,3)4/h8-11,15,20-21H,7,12-14,16H2,1-6H3/t20-,21-/m1/s1. The molecule has 2 heterocycles. The van der Waals surface area contributed by atoms with E-state index in [-0.39, 0.29) is 28.5 Å². The molecule has 178 valence electrons. The number of fused-ring (bicyclic) bond motifs is 1. The number of nitrogens with zero attached hydrogens (tertiary/aromatic N) is 4. The highest BCUT2D eigenvalue weighted by Crippen LogP contribution is 2.42. The van der Waals surface area contributed by atoms with Crippen molar-refractivity contribution in [3.63, 3.8) is 0 Å². The molecule has 0 N–H and O–H groups in total. The molecule has 2 aromatic rings. The van der Waals surface area contributed by atoms with E-state index in [0.717, 1.165) is 36.9 Å². The van der Waals surface area contributed by atoms with Gasteiger partial charge in [0, 0.05) is 29.6 Å². The summed E-state index contributed by atoms with van der Waals surface area (Å²) in [4.78, 5) is 26.2. The van der Waals surface area contributed by atoms with E-state index >= 15 is 0 Å². The Labute approximate surface area is 203 Å². The number of rotatable bonds is 5. The van der Waals surface area contributed by atoms with Gasteiger partial charge in [0.25, 0.3) is 0 Å². The van der Waals surface area contributed by atoms with Gasteiger partial charge >= 0.3 is 6.03 Å². The molecule has 0 radical (unpaired) electrons. The molecule has 1 saturated carbocycles. The molecule has 0 unspecified atom stereocenters. The van der Waals surface area contributed by atoms with Crippen molar-refractivity contribution in [2.75, 3.05) is 9.80 Å². The Balaban J connectivity index is 1.62. The maximum absolute atomic E-state index is 13.8. The van der Waals surface area contributed by atoms with Crippen LogP contribution in [0.1, 0.15) is 58.1 Å². The van der Waals surface area contributed by atoms with Crippen LogP contribution in [0.4, 0.5) is 16.3 Å². The molecule has 1 aromatic heterocycles. The molecule has 2 atom stereocenters. The lowest BCUT2D eigenvalue weighted by Gasteiger charge is -2.40. The van der Waals surface area contributed by atoms with Gasteiger partial charge in [-0.1, -0.05) is 39.8 Å². The molecule has 33 heavy (non-hydrogen) atoms. The van der Waals surface area contributed by atoms with E-state index in [1.165, 1.54) is 5.56 Å². The number of aromatic nitrogens is 2. The number of aryl methyl sites for hydroxylation is 1. The summed E-state index contributed by atoms with van der Waals surface area (Å²) in [5.41, 5.74) is 3.04. The zero-order valence-electron chi connectivity index (χ0n) is 20.6. The van der Waals surface area contributed by atoms with Crippen LogP contribution in [0.15, 0.2) is 30.5 Å². The number of halogens is 1. The second kappa shape index (κ2) is 9.00. The average molecular weight is 487 g/mol. The highest BCUT2D eigenvalue weighted by atomic mass is 35.5. The van der Waals surface area contributed by atoms with Crippen LogP contribution >= 0.6 is 11.6 Å². The number of hydrogen-bond donors (Lipinski definition) is 0. The Morgan fingerprint density at radius 3 is 2.52 bits per heavy atom. The first-order valence-electron chi connectivity index (χ1n) is 11.9. The fraction of sp³-hybridized carbons (Fsp3) is 0.560. The monoisotopic (exact) mass is 486 g/mol. The Hall–Kier alpha value is -1.96. The molecular weight excluding hydrogens is 452 g/mol. The fourth-order valence-electron chi connectivity index (χ4n) is 4.45.